The number of nitrogens with zero attached hydrogens (tertiary/aromatic N) is 4. The van der Waals surface area contributed by atoms with Gasteiger partial charge in [0, 0.05) is 17.7 Å². The smallest absolute Gasteiger partial charge is 0.489 e. The number of hydrogen-bond acceptors (Lipinski definition) is 7. The summed E-state index contributed by atoms with van der Waals surface area (Å²) in [5.41, 5.74) is 7.26. The maximum atomic E-state index is 12.5. The molecular formula is C28H30F3N7O2. The van der Waals surface area contributed by atoms with Crippen molar-refractivity contribution in [1.29, 1.82) is 0 Å². The average molecular weight is 554 g/mol. The van der Waals surface area contributed by atoms with Crippen LogP contribution in [-0.4, -0.2) is 26.8 Å². The van der Waals surface area contributed by atoms with Crippen LogP contribution in [0.3, 0.4) is 0 Å². The van der Waals surface area contributed by atoms with Gasteiger partial charge < -0.3 is 20.7 Å². The number of fused-ring (bicyclic) bond motifs is 1. The van der Waals surface area contributed by atoms with Gasteiger partial charge in [0.05, 0.1) is 17.5 Å². The van der Waals surface area contributed by atoms with E-state index >= 15 is 0 Å². The Morgan fingerprint density at radius 3 is 2.45 bits per heavy atom. The van der Waals surface area contributed by atoms with Gasteiger partial charge in [0.2, 0.25) is 0 Å². The molecule has 210 valence electrons. The van der Waals surface area contributed by atoms with Gasteiger partial charge in [-0.2, -0.15) is 10.2 Å². The van der Waals surface area contributed by atoms with Crippen LogP contribution in [0.25, 0.3) is 16.8 Å². The molecule has 1 aliphatic carbocycles. The Morgan fingerprint density at radius 2 is 1.77 bits per heavy atom. The zero-order chi connectivity index (χ0) is 28.1. The van der Waals surface area contributed by atoms with Gasteiger partial charge in [-0.15, -0.1) is 13.2 Å². The summed E-state index contributed by atoms with van der Waals surface area (Å²) in [7, 11) is 0. The summed E-state index contributed by atoms with van der Waals surface area (Å²) in [5, 5.41) is 8.38. The highest BCUT2D eigenvalue weighted by Crippen LogP contribution is 2.38. The summed E-state index contributed by atoms with van der Waals surface area (Å²) >= 11 is 0. The number of halogens is 3. The fraction of sp³-hybridized carbons (Fsp3) is 0.321. The van der Waals surface area contributed by atoms with Crippen LogP contribution in [-0.2, 0) is 6.61 Å². The number of amidine groups is 1. The largest absolute Gasteiger partial charge is 0.573 e. The number of aromatic nitrogens is 3. The van der Waals surface area contributed by atoms with Gasteiger partial charge in [-0.05, 0) is 48.2 Å². The summed E-state index contributed by atoms with van der Waals surface area (Å²) in [4.78, 5) is 4.69. The van der Waals surface area contributed by atoms with E-state index in [0.29, 0.717) is 34.3 Å². The van der Waals surface area contributed by atoms with Crippen molar-refractivity contribution in [2.45, 2.75) is 57.4 Å². The normalized spacial score (nSPS) is 15.2. The highest BCUT2D eigenvalue weighted by Gasteiger charge is 2.31. The standard InChI is InChI=1S/C28H30F3N7O2/c29-28(30,31)40-22-9-5-6-18(14-22)17-39-21-12-10-19(11-13-21)23-15-34-27-24(26(36-32)37-33)16-35-38(27)25(23)20-7-3-1-2-4-8-20/h5-6,9-16,20H,1-4,7-8,17,32-33H2,(H,36,37). The van der Waals surface area contributed by atoms with E-state index in [1.165, 1.54) is 31.0 Å². The molecule has 2 aromatic carbocycles. The lowest BCUT2D eigenvalue weighted by Gasteiger charge is -2.20. The van der Waals surface area contributed by atoms with Gasteiger partial charge in [-0.1, -0.05) is 49.9 Å². The quantitative estimate of drug-likeness (QED) is 0.0921. The van der Waals surface area contributed by atoms with Crippen LogP contribution in [0.15, 0.2) is 66.0 Å². The summed E-state index contributed by atoms with van der Waals surface area (Å²) < 4.78 is 49.3. The number of hydrazone groups is 1. The lowest BCUT2D eigenvalue weighted by molar-refractivity contribution is -0.274. The van der Waals surface area contributed by atoms with Crippen molar-refractivity contribution in [2.75, 3.05) is 0 Å². The molecule has 12 heteroatoms. The van der Waals surface area contributed by atoms with Gasteiger partial charge in [0.1, 0.15) is 18.1 Å². The van der Waals surface area contributed by atoms with Gasteiger partial charge in [0.25, 0.3) is 0 Å². The molecule has 2 aromatic heterocycles. The molecule has 9 nitrogen and oxygen atoms in total. The maximum Gasteiger partial charge on any atom is 0.573 e. The van der Waals surface area contributed by atoms with Gasteiger partial charge in [-0.25, -0.2) is 15.3 Å². The van der Waals surface area contributed by atoms with Crippen molar-refractivity contribution in [3.63, 3.8) is 0 Å². The molecule has 4 aromatic rings. The zero-order valence-corrected chi connectivity index (χ0v) is 21.7. The average Bonchev–Trinajstić information content (AvgIpc) is 3.18. The first-order valence-corrected chi connectivity index (χ1v) is 13.1. The third-order valence-corrected chi connectivity index (χ3v) is 7.03. The van der Waals surface area contributed by atoms with Gasteiger partial charge in [-0.3, -0.25) is 0 Å². The highest BCUT2D eigenvalue weighted by atomic mass is 19.4. The Bertz CT molecular complexity index is 1480. The lowest BCUT2D eigenvalue weighted by Crippen LogP contribution is -2.32. The van der Waals surface area contributed by atoms with Gasteiger partial charge >= 0.3 is 6.36 Å². The van der Waals surface area contributed by atoms with Crippen molar-refractivity contribution in [3.8, 4) is 22.6 Å². The fourth-order valence-electron chi connectivity index (χ4n) is 5.20. The Hall–Kier alpha value is -4.32. The number of alkyl halides is 3. The number of benzene rings is 2. The first-order chi connectivity index (χ1) is 19.4. The van der Waals surface area contributed by atoms with E-state index in [1.807, 2.05) is 35.0 Å². The molecule has 0 bridgehead atoms. The van der Waals surface area contributed by atoms with Gasteiger partial charge in [0.15, 0.2) is 11.5 Å². The second-order valence-corrected chi connectivity index (χ2v) is 9.67. The molecule has 0 amide bonds. The minimum Gasteiger partial charge on any atom is -0.489 e. The second-order valence-electron chi connectivity index (χ2n) is 9.67. The molecule has 0 unspecified atom stereocenters. The molecule has 0 spiro atoms. The number of nitrogens with one attached hydrogen (secondary N) is 1. The number of ether oxygens (including phenoxy) is 2. The highest BCUT2D eigenvalue weighted by molar-refractivity contribution is 6.03. The van der Waals surface area contributed by atoms with E-state index in [-0.39, 0.29) is 12.4 Å². The Kier molecular flexibility index (Phi) is 8.06. The van der Waals surface area contributed by atoms with E-state index in [0.717, 1.165) is 42.5 Å². The monoisotopic (exact) mass is 553 g/mol. The van der Waals surface area contributed by atoms with Crippen LogP contribution in [0.5, 0.6) is 11.5 Å². The summed E-state index contributed by atoms with van der Waals surface area (Å²) in [6.07, 6.45) is 5.55. The first-order valence-electron chi connectivity index (χ1n) is 13.1. The molecule has 5 rings (SSSR count). The van der Waals surface area contributed by atoms with Crippen molar-refractivity contribution in [1.82, 2.24) is 20.0 Å². The van der Waals surface area contributed by atoms with Crippen molar-refractivity contribution < 1.29 is 22.6 Å². The van der Waals surface area contributed by atoms with Crippen molar-refractivity contribution in [3.05, 3.63) is 77.7 Å². The zero-order valence-electron chi connectivity index (χ0n) is 21.7. The van der Waals surface area contributed by atoms with Crippen LogP contribution in [0, 0.1) is 0 Å². The molecule has 0 radical (unpaired) electrons. The minimum absolute atomic E-state index is 0.0888. The number of hydrazine groups is 1. The Balaban J connectivity index is 1.42. The molecule has 1 saturated carbocycles. The fourth-order valence-corrected chi connectivity index (χ4v) is 5.20. The molecule has 40 heavy (non-hydrogen) atoms. The molecule has 0 saturated heterocycles. The Labute approximate surface area is 229 Å². The van der Waals surface area contributed by atoms with Crippen LogP contribution >= 0.6 is 0 Å². The van der Waals surface area contributed by atoms with Crippen LogP contribution in [0.4, 0.5) is 13.2 Å². The first kappa shape index (κ1) is 27.3. The van der Waals surface area contributed by atoms with Crippen molar-refractivity contribution in [2.24, 2.45) is 16.8 Å². The van der Waals surface area contributed by atoms with E-state index in [4.69, 9.17) is 21.4 Å². The third kappa shape index (κ3) is 6.12. The van der Waals surface area contributed by atoms with E-state index in [1.54, 1.807) is 12.3 Å². The molecular weight excluding hydrogens is 523 g/mol. The number of hydrogen-bond donors (Lipinski definition) is 3. The van der Waals surface area contributed by atoms with E-state index in [2.05, 4.69) is 20.4 Å². The Morgan fingerprint density at radius 1 is 1.02 bits per heavy atom. The summed E-state index contributed by atoms with van der Waals surface area (Å²) in [6, 6.07) is 13.3. The topological polar surface area (TPSA) is 125 Å². The van der Waals surface area contributed by atoms with Crippen LogP contribution in [0.1, 0.15) is 61.3 Å². The lowest BCUT2D eigenvalue weighted by atomic mass is 9.90. The predicted octanol–water partition coefficient (Wildman–Crippen LogP) is 5.40. The molecule has 5 N–H and O–H groups in total. The molecule has 0 atom stereocenters. The number of nitrogens with two attached hydrogens (primary N) is 2. The van der Waals surface area contributed by atoms with Crippen molar-refractivity contribution >= 4 is 11.5 Å². The van der Waals surface area contributed by atoms with E-state index in [9.17, 15) is 13.2 Å². The van der Waals surface area contributed by atoms with E-state index < -0.39 is 6.36 Å². The maximum absolute atomic E-state index is 12.5. The number of rotatable bonds is 7. The third-order valence-electron chi connectivity index (χ3n) is 7.03. The molecule has 2 heterocycles. The summed E-state index contributed by atoms with van der Waals surface area (Å²) in [5.74, 6) is 12.0. The summed E-state index contributed by atoms with van der Waals surface area (Å²) in [6.45, 7) is 0.0888. The molecule has 0 aliphatic heterocycles. The van der Waals surface area contributed by atoms with Crippen LogP contribution < -0.4 is 26.6 Å². The second kappa shape index (κ2) is 11.8. The minimum atomic E-state index is -4.75. The van der Waals surface area contributed by atoms with Crippen LogP contribution in [0.2, 0.25) is 0 Å². The SMILES string of the molecule is N/N=C(\NN)c1cnn2c(C3CCCCCC3)c(-c3ccc(OCc4cccc(OC(F)(F)F)c4)cc3)cnc12. The predicted molar refractivity (Wildman–Crippen MR) is 144 cm³/mol. The molecule has 1 fully saturated rings. The molecule has 1 aliphatic rings.